The standard InChI is InChI=1S/C10H24N4.C7H7NO2/c1-3-11-7-9-13-5-2-6-14-10-8-12-4-1;1-5-3-2-4-8-6(5)7(9)10/h11-14H,1-10H2;2-4H,1H3,(H,9,10). The Bertz CT molecular complexity index is 403. The molecule has 7 nitrogen and oxygen atoms in total. The van der Waals surface area contributed by atoms with Crippen LogP contribution in [-0.2, 0) is 0 Å². The van der Waals surface area contributed by atoms with Gasteiger partial charge in [0.25, 0.3) is 0 Å². The van der Waals surface area contributed by atoms with E-state index in [0.29, 0.717) is 5.56 Å². The molecule has 0 unspecified atom stereocenters. The fourth-order valence-electron chi connectivity index (χ4n) is 2.24. The highest BCUT2D eigenvalue weighted by molar-refractivity contribution is 5.86. The lowest BCUT2D eigenvalue weighted by atomic mass is 10.2. The molecule has 2 rings (SSSR count). The minimum atomic E-state index is -0.974. The summed E-state index contributed by atoms with van der Waals surface area (Å²) in [5.74, 6) is -0.974. The molecule has 0 aromatic carbocycles. The largest absolute Gasteiger partial charge is 0.477 e. The average Bonchev–Trinajstić information content (AvgIpc) is 2.58. The van der Waals surface area contributed by atoms with E-state index < -0.39 is 5.97 Å². The minimum Gasteiger partial charge on any atom is -0.477 e. The Morgan fingerprint density at radius 2 is 1.38 bits per heavy atom. The van der Waals surface area contributed by atoms with Gasteiger partial charge < -0.3 is 26.4 Å². The van der Waals surface area contributed by atoms with E-state index in [1.54, 1.807) is 19.1 Å². The quantitative estimate of drug-likeness (QED) is 0.500. The van der Waals surface area contributed by atoms with Crippen molar-refractivity contribution in [2.45, 2.75) is 19.8 Å². The molecule has 24 heavy (non-hydrogen) atoms. The summed E-state index contributed by atoms with van der Waals surface area (Å²) in [7, 11) is 0. The van der Waals surface area contributed by atoms with Gasteiger partial charge in [-0.15, -0.1) is 0 Å². The number of pyridine rings is 1. The van der Waals surface area contributed by atoms with Crippen LogP contribution in [0.2, 0.25) is 0 Å². The zero-order valence-corrected chi connectivity index (χ0v) is 14.6. The number of rotatable bonds is 1. The highest BCUT2D eigenvalue weighted by Gasteiger charge is 2.05. The monoisotopic (exact) mass is 337 g/mol. The number of carboxylic acid groups (broad SMARTS) is 1. The van der Waals surface area contributed by atoms with Crippen molar-refractivity contribution in [2.24, 2.45) is 0 Å². The van der Waals surface area contributed by atoms with Crippen molar-refractivity contribution >= 4 is 5.97 Å². The lowest BCUT2D eigenvalue weighted by molar-refractivity contribution is 0.0689. The Hall–Kier alpha value is -1.54. The third-order valence-electron chi connectivity index (χ3n) is 3.58. The highest BCUT2D eigenvalue weighted by Crippen LogP contribution is 2.01. The molecule has 5 N–H and O–H groups in total. The van der Waals surface area contributed by atoms with Crippen LogP contribution >= 0.6 is 0 Å². The molecule has 0 atom stereocenters. The zero-order valence-electron chi connectivity index (χ0n) is 14.6. The summed E-state index contributed by atoms with van der Waals surface area (Å²) in [6.45, 7) is 10.6. The molecule has 1 aliphatic rings. The molecule has 1 aliphatic heterocycles. The molecule has 1 aromatic heterocycles. The number of hydrogen-bond acceptors (Lipinski definition) is 6. The first kappa shape index (κ1) is 20.5. The maximum atomic E-state index is 10.4. The van der Waals surface area contributed by atoms with Gasteiger partial charge in [-0.2, -0.15) is 0 Å². The van der Waals surface area contributed by atoms with Crippen LogP contribution in [-0.4, -0.2) is 68.4 Å². The normalized spacial score (nSPS) is 17.9. The topological polar surface area (TPSA) is 98.3 Å². The Kier molecular flexibility index (Phi) is 11.8. The Labute approximate surface area is 144 Å². The van der Waals surface area contributed by atoms with E-state index in [4.69, 9.17) is 5.11 Å². The van der Waals surface area contributed by atoms with E-state index in [1.165, 1.54) is 19.0 Å². The van der Waals surface area contributed by atoms with E-state index in [1.807, 2.05) is 0 Å². The molecular weight excluding hydrogens is 306 g/mol. The van der Waals surface area contributed by atoms with Gasteiger partial charge in [-0.05, 0) is 57.6 Å². The van der Waals surface area contributed by atoms with Gasteiger partial charge in [0.05, 0.1) is 0 Å². The van der Waals surface area contributed by atoms with Crippen LogP contribution in [0, 0.1) is 6.92 Å². The van der Waals surface area contributed by atoms with Crippen molar-refractivity contribution in [1.29, 1.82) is 0 Å². The molecule has 0 saturated carbocycles. The molecule has 0 amide bonds. The number of aromatic nitrogens is 1. The van der Waals surface area contributed by atoms with Crippen LogP contribution < -0.4 is 21.3 Å². The number of nitrogens with zero attached hydrogens (tertiary/aromatic N) is 1. The first-order valence-electron chi connectivity index (χ1n) is 8.69. The number of carboxylic acids is 1. The van der Waals surface area contributed by atoms with Gasteiger partial charge in [-0.3, -0.25) is 0 Å². The molecule has 0 bridgehead atoms. The molecule has 1 aromatic rings. The van der Waals surface area contributed by atoms with Crippen molar-refractivity contribution in [3.8, 4) is 0 Å². The van der Waals surface area contributed by atoms with Gasteiger partial charge in [0, 0.05) is 32.4 Å². The van der Waals surface area contributed by atoms with Gasteiger partial charge in [0.1, 0.15) is 0 Å². The predicted molar refractivity (Wildman–Crippen MR) is 96.6 cm³/mol. The third kappa shape index (κ3) is 10.3. The maximum Gasteiger partial charge on any atom is 0.354 e. The summed E-state index contributed by atoms with van der Waals surface area (Å²) in [5.41, 5.74) is 0.817. The molecule has 1 saturated heterocycles. The summed E-state index contributed by atoms with van der Waals surface area (Å²) >= 11 is 0. The first-order valence-corrected chi connectivity index (χ1v) is 8.69. The Morgan fingerprint density at radius 3 is 1.71 bits per heavy atom. The van der Waals surface area contributed by atoms with Crippen molar-refractivity contribution in [2.75, 3.05) is 52.4 Å². The molecule has 0 spiro atoms. The molecule has 2 heterocycles. The predicted octanol–water partition coefficient (Wildman–Crippen LogP) is 0.227. The van der Waals surface area contributed by atoms with Crippen molar-refractivity contribution < 1.29 is 9.90 Å². The number of carbonyl (C=O) groups is 1. The third-order valence-corrected chi connectivity index (χ3v) is 3.58. The number of nitrogens with one attached hydrogen (secondary N) is 4. The first-order chi connectivity index (χ1) is 11.7. The molecule has 0 aliphatic carbocycles. The van der Waals surface area contributed by atoms with Gasteiger partial charge in [0.15, 0.2) is 5.69 Å². The summed E-state index contributed by atoms with van der Waals surface area (Å²) < 4.78 is 0. The minimum absolute atomic E-state index is 0.127. The second-order valence-electron chi connectivity index (χ2n) is 5.68. The van der Waals surface area contributed by atoms with Gasteiger partial charge in [0.2, 0.25) is 0 Å². The van der Waals surface area contributed by atoms with E-state index in [9.17, 15) is 4.79 Å². The van der Waals surface area contributed by atoms with E-state index in [-0.39, 0.29) is 5.69 Å². The fraction of sp³-hybridized carbons (Fsp3) is 0.647. The maximum absolute atomic E-state index is 10.4. The van der Waals surface area contributed by atoms with Gasteiger partial charge >= 0.3 is 5.97 Å². The van der Waals surface area contributed by atoms with Crippen LogP contribution in [0.3, 0.4) is 0 Å². The number of hydrogen-bond donors (Lipinski definition) is 5. The molecular formula is C17H31N5O2. The summed E-state index contributed by atoms with van der Waals surface area (Å²) in [6, 6.07) is 3.43. The summed E-state index contributed by atoms with van der Waals surface area (Å²) in [5, 5.41) is 22.2. The Morgan fingerprint density at radius 1 is 0.917 bits per heavy atom. The number of aryl methyl sites for hydroxylation is 1. The lowest BCUT2D eigenvalue weighted by Crippen LogP contribution is -2.34. The highest BCUT2D eigenvalue weighted by atomic mass is 16.4. The van der Waals surface area contributed by atoms with E-state index in [2.05, 4.69) is 26.3 Å². The summed E-state index contributed by atoms with van der Waals surface area (Å²) in [6.07, 6.45) is 3.91. The molecule has 136 valence electrons. The zero-order chi connectivity index (χ0) is 17.5. The van der Waals surface area contributed by atoms with Crippen molar-refractivity contribution in [3.05, 3.63) is 29.6 Å². The summed E-state index contributed by atoms with van der Waals surface area (Å²) in [4.78, 5) is 14.0. The fourth-order valence-corrected chi connectivity index (χ4v) is 2.24. The van der Waals surface area contributed by atoms with Gasteiger partial charge in [-0.25, -0.2) is 9.78 Å². The Balaban J connectivity index is 0.000000254. The van der Waals surface area contributed by atoms with Crippen molar-refractivity contribution in [3.63, 3.8) is 0 Å². The van der Waals surface area contributed by atoms with Crippen LogP contribution in [0.4, 0.5) is 0 Å². The second kappa shape index (κ2) is 13.9. The van der Waals surface area contributed by atoms with Crippen LogP contribution in [0.25, 0.3) is 0 Å². The SMILES string of the molecule is C1CNCCNCCCNCCNC1.Cc1cccnc1C(=O)O. The smallest absolute Gasteiger partial charge is 0.354 e. The van der Waals surface area contributed by atoms with Crippen LogP contribution in [0.15, 0.2) is 18.3 Å². The number of aromatic carboxylic acids is 1. The van der Waals surface area contributed by atoms with E-state index in [0.717, 1.165) is 52.4 Å². The molecule has 7 heteroatoms. The van der Waals surface area contributed by atoms with Gasteiger partial charge in [-0.1, -0.05) is 6.07 Å². The lowest BCUT2D eigenvalue weighted by Gasteiger charge is -2.10. The van der Waals surface area contributed by atoms with Crippen LogP contribution in [0.1, 0.15) is 28.9 Å². The molecule has 0 radical (unpaired) electrons. The van der Waals surface area contributed by atoms with E-state index >= 15 is 0 Å². The molecule has 1 fully saturated rings. The average molecular weight is 337 g/mol. The second-order valence-corrected chi connectivity index (χ2v) is 5.68. The van der Waals surface area contributed by atoms with Crippen molar-refractivity contribution in [1.82, 2.24) is 26.3 Å². The van der Waals surface area contributed by atoms with Crippen LogP contribution in [0.5, 0.6) is 0 Å².